The molecule has 284 valence electrons. The average molecular weight is 780 g/mol. The summed E-state index contributed by atoms with van der Waals surface area (Å²) in [6.07, 6.45) is -3.61. The van der Waals surface area contributed by atoms with Crippen LogP contribution in [0.25, 0.3) is 0 Å². The second-order valence-electron chi connectivity index (χ2n) is 15.9. The Bertz CT molecular complexity index is 1960. The number of carbonyl (C=O) groups excluding carboxylic acids is 1. The van der Waals surface area contributed by atoms with Crippen molar-refractivity contribution in [2.75, 3.05) is 11.9 Å². The molecule has 0 radical (unpaired) electrons. The van der Waals surface area contributed by atoms with E-state index in [9.17, 15) is 29.0 Å². The van der Waals surface area contributed by atoms with Gasteiger partial charge in [-0.1, -0.05) is 120 Å². The normalized spacial score (nSPS) is 21.4. The Labute approximate surface area is 312 Å². The summed E-state index contributed by atoms with van der Waals surface area (Å²) in [6, 6.07) is 29.2. The highest BCUT2D eigenvalue weighted by atomic mass is 31.2. The van der Waals surface area contributed by atoms with Gasteiger partial charge in [-0.25, -0.2) is 4.79 Å². The summed E-state index contributed by atoms with van der Waals surface area (Å²) in [5, 5.41) is 13.0. The minimum Gasteiger partial charge on any atom is -0.406 e. The molecule has 1 aromatic heterocycles. The number of anilines is 1. The number of hydrogen-bond acceptors (Lipinski definition) is 8. The summed E-state index contributed by atoms with van der Waals surface area (Å²) in [5.41, 5.74) is -0.540. The fourth-order valence-electron chi connectivity index (χ4n) is 6.51. The Morgan fingerprint density at radius 3 is 1.85 bits per heavy atom. The number of aliphatic hydroxyl groups is 1. The summed E-state index contributed by atoms with van der Waals surface area (Å²) in [4.78, 5) is 52.7. The average Bonchev–Trinajstić information content (AvgIpc) is 3.36. The Kier molecular flexibility index (Phi) is 11.4. The quantitative estimate of drug-likeness (QED) is 0.117. The number of carbonyl (C=O) groups is 1. The summed E-state index contributed by atoms with van der Waals surface area (Å²) in [7, 11) is -11.7. The molecule has 1 fully saturated rings. The summed E-state index contributed by atoms with van der Waals surface area (Å²) >= 11 is 0. The lowest BCUT2D eigenvalue weighted by molar-refractivity contribution is -0.0582. The largest absolute Gasteiger partial charge is 0.406 e. The number of rotatable bonds is 11. The molecule has 1 aliphatic rings. The van der Waals surface area contributed by atoms with E-state index in [0.717, 1.165) is 14.9 Å². The van der Waals surface area contributed by atoms with E-state index >= 15 is 0 Å². The number of hydrogen-bond donors (Lipinski definition) is 4. The number of amides is 1. The number of nitrogens with one attached hydrogen (secondary N) is 1. The molecule has 0 unspecified atom stereocenters. The lowest BCUT2D eigenvalue weighted by Gasteiger charge is -2.45. The van der Waals surface area contributed by atoms with Crippen LogP contribution in [0.4, 0.5) is 5.82 Å². The molecule has 4 atom stereocenters. The fourth-order valence-corrected chi connectivity index (χ4v) is 13.5. The highest BCUT2D eigenvalue weighted by molar-refractivity contribution is 7.53. The highest BCUT2D eigenvalue weighted by Crippen LogP contribution is 2.61. The smallest absolute Gasteiger partial charge is 0.362 e. The molecular formula is C38H50N3O9PSi2. The van der Waals surface area contributed by atoms with Crippen LogP contribution in [0.2, 0.25) is 23.2 Å². The van der Waals surface area contributed by atoms with E-state index in [1.165, 1.54) is 12.3 Å². The number of aromatic nitrogens is 2. The maximum absolute atomic E-state index is 13.7. The van der Waals surface area contributed by atoms with Gasteiger partial charge in [-0.2, -0.15) is 4.98 Å². The molecule has 1 saturated heterocycles. The van der Waals surface area contributed by atoms with Crippen LogP contribution in [0.1, 0.15) is 58.1 Å². The van der Waals surface area contributed by atoms with Gasteiger partial charge in [0.05, 0.1) is 6.61 Å². The van der Waals surface area contributed by atoms with Gasteiger partial charge in [-0.3, -0.25) is 13.9 Å². The van der Waals surface area contributed by atoms with Crippen LogP contribution in [0.5, 0.6) is 0 Å². The van der Waals surface area contributed by atoms with E-state index in [2.05, 4.69) is 31.1 Å². The second kappa shape index (κ2) is 14.9. The molecule has 4 N–H and O–H groups in total. The van der Waals surface area contributed by atoms with Crippen LogP contribution in [-0.4, -0.2) is 71.1 Å². The van der Waals surface area contributed by atoms with Crippen molar-refractivity contribution < 1.29 is 37.8 Å². The highest BCUT2D eigenvalue weighted by Gasteiger charge is 2.69. The summed E-state index contributed by atoms with van der Waals surface area (Å²) in [5.74, 6) is -0.528. The first-order valence-electron chi connectivity index (χ1n) is 17.5. The molecule has 0 bridgehead atoms. The first-order valence-corrected chi connectivity index (χ1v) is 23.9. The van der Waals surface area contributed by atoms with E-state index in [4.69, 9.17) is 13.6 Å². The van der Waals surface area contributed by atoms with Crippen LogP contribution in [0, 0.1) is 0 Å². The lowest BCUT2D eigenvalue weighted by atomic mass is 10.1. The van der Waals surface area contributed by atoms with Crippen LogP contribution in [0.15, 0.2) is 108 Å². The van der Waals surface area contributed by atoms with Crippen LogP contribution >= 0.6 is 7.60 Å². The molecule has 15 heteroatoms. The lowest BCUT2D eigenvalue weighted by Crippen LogP contribution is -2.67. The van der Waals surface area contributed by atoms with Gasteiger partial charge >= 0.3 is 13.3 Å². The number of benzene rings is 3. The van der Waals surface area contributed by atoms with Gasteiger partial charge in [-0.15, -0.1) is 0 Å². The molecule has 1 amide bonds. The molecule has 0 spiro atoms. The van der Waals surface area contributed by atoms with Crippen molar-refractivity contribution in [1.29, 1.82) is 0 Å². The maximum atomic E-state index is 13.7. The van der Waals surface area contributed by atoms with E-state index in [0.29, 0.717) is 5.56 Å². The number of ether oxygens (including phenoxy) is 1. The van der Waals surface area contributed by atoms with E-state index in [-0.39, 0.29) is 5.82 Å². The van der Waals surface area contributed by atoms with Gasteiger partial charge in [0.2, 0.25) is 5.34 Å². The van der Waals surface area contributed by atoms with Gasteiger partial charge in [0.1, 0.15) is 18.0 Å². The van der Waals surface area contributed by atoms with Crippen molar-refractivity contribution in [3.8, 4) is 0 Å². The Morgan fingerprint density at radius 1 is 0.887 bits per heavy atom. The minimum absolute atomic E-state index is 0.0446. The SMILES string of the molecule is CC(C)(C)[Si](C)(C)O[C@H]1[C@H](n2ccc(NC(=O)c3ccccc3)nc2=O)O[C@H](CO[Si](c2ccccc2)(c2ccccc2)C(C)(C)C)[C@]1(O)P(=O)(O)O. The Hall–Kier alpha value is -3.57. The topological polar surface area (TPSA) is 169 Å². The zero-order valence-electron chi connectivity index (χ0n) is 31.4. The predicted molar refractivity (Wildman–Crippen MR) is 209 cm³/mol. The van der Waals surface area contributed by atoms with Crippen LogP contribution in [-0.2, 0) is 18.2 Å². The van der Waals surface area contributed by atoms with Crippen LogP contribution < -0.4 is 21.4 Å². The van der Waals surface area contributed by atoms with E-state index in [1.807, 2.05) is 94.5 Å². The molecule has 3 aromatic carbocycles. The van der Waals surface area contributed by atoms with Crippen molar-refractivity contribution >= 4 is 46.3 Å². The van der Waals surface area contributed by atoms with Gasteiger partial charge in [0, 0.05) is 11.8 Å². The molecule has 0 aliphatic carbocycles. The molecule has 5 rings (SSSR count). The third-order valence-corrected chi connectivity index (χ3v) is 21.3. The first-order chi connectivity index (χ1) is 24.6. The zero-order valence-corrected chi connectivity index (χ0v) is 34.3. The summed E-state index contributed by atoms with van der Waals surface area (Å²) in [6.45, 7) is 15.3. The van der Waals surface area contributed by atoms with Crippen molar-refractivity contribution in [2.24, 2.45) is 0 Å². The van der Waals surface area contributed by atoms with Gasteiger partial charge < -0.3 is 33.8 Å². The molecule has 0 saturated carbocycles. The van der Waals surface area contributed by atoms with Crippen molar-refractivity contribution in [2.45, 2.75) is 88.5 Å². The fraction of sp³-hybridized carbons (Fsp3) is 0.395. The van der Waals surface area contributed by atoms with Crippen molar-refractivity contribution in [3.63, 3.8) is 0 Å². The van der Waals surface area contributed by atoms with E-state index < -0.39 is 76.3 Å². The van der Waals surface area contributed by atoms with Crippen LogP contribution in [0.3, 0.4) is 0 Å². The molecule has 12 nitrogen and oxygen atoms in total. The standard InChI is InChI=1S/C38H50N3O9PSi2/c1-36(2,3)52(7,8)50-32-34(41-25-24-31(40-35(41)43)39-33(42)27-18-12-9-13-19-27)49-30(38(32,44)51(45,46)47)26-48-53(37(4,5)6,28-20-14-10-15-21-28)29-22-16-11-17-23-29/h9-25,30,32,34,44H,26H2,1-8H3,(H2,45,46,47)(H,39,40,42,43)/t30-,32+,34-,38+/m1/s1. The maximum Gasteiger partial charge on any atom is 0.362 e. The number of nitrogens with zero attached hydrogens (tertiary/aromatic N) is 2. The molecular weight excluding hydrogens is 730 g/mol. The molecule has 4 aromatic rings. The zero-order chi connectivity index (χ0) is 39.0. The molecule has 2 heterocycles. The Balaban J connectivity index is 1.61. The van der Waals surface area contributed by atoms with Gasteiger partial charge in [0.25, 0.3) is 14.2 Å². The van der Waals surface area contributed by atoms with Crippen molar-refractivity contribution in [1.82, 2.24) is 9.55 Å². The van der Waals surface area contributed by atoms with Crippen molar-refractivity contribution in [3.05, 3.63) is 119 Å². The van der Waals surface area contributed by atoms with Gasteiger partial charge in [0.15, 0.2) is 14.5 Å². The van der Waals surface area contributed by atoms with E-state index in [1.54, 1.807) is 30.3 Å². The summed E-state index contributed by atoms with van der Waals surface area (Å²) < 4.78 is 34.7. The third-order valence-electron chi connectivity index (χ3n) is 10.4. The molecule has 53 heavy (non-hydrogen) atoms. The first kappa shape index (κ1) is 40.6. The Morgan fingerprint density at radius 2 is 1.40 bits per heavy atom. The third kappa shape index (κ3) is 7.84. The van der Waals surface area contributed by atoms with Gasteiger partial charge in [-0.05, 0) is 51.7 Å². The molecule has 1 aliphatic heterocycles. The second-order valence-corrected chi connectivity index (χ2v) is 26.8. The minimum atomic E-state index is -5.51. The predicted octanol–water partition coefficient (Wildman–Crippen LogP) is 5.23. The monoisotopic (exact) mass is 779 g/mol.